The van der Waals surface area contributed by atoms with Crippen molar-refractivity contribution in [3.8, 4) is 102 Å². The Labute approximate surface area is 622 Å². The van der Waals surface area contributed by atoms with Gasteiger partial charge >= 0.3 is 0 Å². The van der Waals surface area contributed by atoms with E-state index >= 15 is 0 Å². The second-order valence-electron chi connectivity index (χ2n) is 28.9. The van der Waals surface area contributed by atoms with Gasteiger partial charge in [0.2, 0.25) is 0 Å². The van der Waals surface area contributed by atoms with Crippen LogP contribution in [0.5, 0.6) is 0 Å². The molecule has 17 aromatic rings. The van der Waals surface area contributed by atoms with E-state index in [1.54, 1.807) is 0 Å². The number of nitrogens with zero attached hydrogens (tertiary/aromatic N) is 8. The molecule has 518 valence electrons. The molecule has 0 bridgehead atoms. The highest BCUT2D eigenvalue weighted by Gasteiger charge is 2.20. The normalized spacial score (nSPS) is 11.3. The fourth-order valence-electron chi connectivity index (χ4n) is 15.0. The summed E-state index contributed by atoms with van der Waals surface area (Å²) in [7, 11) is 0. The van der Waals surface area contributed by atoms with Crippen molar-refractivity contribution < 1.29 is 0 Å². The summed E-state index contributed by atoms with van der Waals surface area (Å²) in [6, 6.07) is 95.4. The first kappa shape index (κ1) is 69.2. The Bertz CT molecular complexity index is 5820. The van der Waals surface area contributed by atoms with Crippen LogP contribution in [0, 0.1) is 96.9 Å². The molecular weight excluding hydrogens is 1290 g/mol. The van der Waals surface area contributed by atoms with E-state index in [-0.39, 0.29) is 0 Å². The number of aromatic nitrogens is 8. The van der Waals surface area contributed by atoms with Crippen molar-refractivity contribution >= 4 is 43.6 Å². The van der Waals surface area contributed by atoms with Crippen LogP contribution in [0.3, 0.4) is 0 Å². The van der Waals surface area contributed by atoms with Gasteiger partial charge in [0.05, 0.1) is 22.1 Å². The number of aryl methyl sites for hydroxylation is 14. The third kappa shape index (κ3) is 14.0. The maximum atomic E-state index is 4.99. The molecule has 8 heteroatoms. The summed E-state index contributed by atoms with van der Waals surface area (Å²) in [5, 5.41) is 5.20. The number of hydrogen-bond acceptors (Lipinski definition) is 6. The Balaban J connectivity index is 0.000000130. The van der Waals surface area contributed by atoms with Crippen LogP contribution in [0.2, 0.25) is 0 Å². The average Bonchev–Trinajstić information content (AvgIpc) is 1.59. The van der Waals surface area contributed by atoms with Crippen molar-refractivity contribution in [2.45, 2.75) is 96.9 Å². The van der Waals surface area contributed by atoms with Gasteiger partial charge in [-0.15, -0.1) is 0 Å². The number of fused-ring (bicyclic) bond motifs is 6. The van der Waals surface area contributed by atoms with E-state index < -0.39 is 0 Å². The van der Waals surface area contributed by atoms with Crippen LogP contribution in [0.25, 0.3) is 146 Å². The smallest absolute Gasteiger partial charge is 0.164 e. The molecule has 0 radical (unpaired) electrons. The molecule has 0 unspecified atom stereocenters. The Kier molecular flexibility index (Phi) is 18.9. The second kappa shape index (κ2) is 29.0. The molecule has 8 nitrogen and oxygen atoms in total. The zero-order valence-electron chi connectivity index (χ0n) is 63.0. The largest absolute Gasteiger partial charge is 0.309 e. The highest BCUT2D eigenvalue weighted by molar-refractivity contribution is 6.11. The third-order valence-electron chi connectivity index (χ3n) is 20.7. The lowest BCUT2D eigenvalue weighted by Gasteiger charge is -2.13. The van der Waals surface area contributed by atoms with Crippen LogP contribution < -0.4 is 0 Å². The molecule has 0 atom stereocenters. The van der Waals surface area contributed by atoms with Gasteiger partial charge in [-0.2, -0.15) is 0 Å². The summed E-state index contributed by atoms with van der Waals surface area (Å²) in [6.45, 7) is 30.0. The molecule has 106 heavy (non-hydrogen) atoms. The second-order valence-corrected chi connectivity index (χ2v) is 28.9. The van der Waals surface area contributed by atoms with Gasteiger partial charge < -0.3 is 9.13 Å². The number of hydrogen-bond donors (Lipinski definition) is 0. The van der Waals surface area contributed by atoms with E-state index in [9.17, 15) is 0 Å². The molecule has 4 heterocycles. The third-order valence-corrected chi connectivity index (χ3v) is 20.7. The first-order valence-electron chi connectivity index (χ1n) is 36.5. The molecule has 0 fully saturated rings. The van der Waals surface area contributed by atoms with E-state index in [1.165, 1.54) is 155 Å². The summed E-state index contributed by atoms with van der Waals surface area (Å²) in [6.07, 6.45) is 0. The highest BCUT2D eigenvalue weighted by atomic mass is 15.0. The van der Waals surface area contributed by atoms with Crippen molar-refractivity contribution in [1.82, 2.24) is 39.0 Å². The van der Waals surface area contributed by atoms with Gasteiger partial charge in [0.1, 0.15) is 0 Å². The van der Waals surface area contributed by atoms with Crippen molar-refractivity contribution in [3.63, 3.8) is 0 Å². The van der Waals surface area contributed by atoms with Crippen LogP contribution in [0.15, 0.2) is 267 Å². The number of para-hydroxylation sites is 2. The van der Waals surface area contributed by atoms with Crippen LogP contribution in [0.1, 0.15) is 77.9 Å². The summed E-state index contributed by atoms with van der Waals surface area (Å²) in [4.78, 5) is 29.4. The molecule has 0 aliphatic rings. The van der Waals surface area contributed by atoms with E-state index in [1.807, 2.05) is 0 Å². The molecular formula is C98H86N8. The summed E-state index contributed by atoms with van der Waals surface area (Å²) in [5.74, 6) is 4.10. The maximum Gasteiger partial charge on any atom is 0.164 e. The van der Waals surface area contributed by atoms with E-state index in [0.717, 1.165) is 33.4 Å². The molecule has 13 aromatic carbocycles. The summed E-state index contributed by atoms with van der Waals surface area (Å²) in [5.41, 5.74) is 35.9. The van der Waals surface area contributed by atoms with Crippen molar-refractivity contribution in [1.29, 1.82) is 0 Å². The highest BCUT2D eigenvalue weighted by Crippen LogP contribution is 2.38. The van der Waals surface area contributed by atoms with E-state index in [4.69, 9.17) is 29.9 Å². The van der Waals surface area contributed by atoms with Gasteiger partial charge in [-0.1, -0.05) is 228 Å². The lowest BCUT2D eigenvalue weighted by molar-refractivity contribution is 1.07. The molecule has 0 spiro atoms. The lowest BCUT2D eigenvalue weighted by Crippen LogP contribution is -2.01. The molecule has 17 rings (SSSR count). The fourth-order valence-corrected chi connectivity index (χ4v) is 15.0. The van der Waals surface area contributed by atoms with Gasteiger partial charge in [-0.3, -0.25) is 0 Å². The number of rotatable bonds is 10. The lowest BCUT2D eigenvalue weighted by atomic mass is 9.93. The van der Waals surface area contributed by atoms with Crippen molar-refractivity contribution in [2.75, 3.05) is 0 Å². The molecule has 0 aliphatic carbocycles. The molecule has 0 amide bonds. The Morgan fingerprint density at radius 2 is 0.443 bits per heavy atom. The predicted molar refractivity (Wildman–Crippen MR) is 445 cm³/mol. The van der Waals surface area contributed by atoms with Gasteiger partial charge in [-0.05, 0) is 236 Å². The van der Waals surface area contributed by atoms with Gasteiger partial charge in [0.15, 0.2) is 34.9 Å². The average molecular weight is 1380 g/mol. The fraction of sp³-hybridized carbons (Fsp3) is 0.143. The minimum Gasteiger partial charge on any atom is -0.309 e. The topological polar surface area (TPSA) is 87.2 Å². The monoisotopic (exact) mass is 1370 g/mol. The molecule has 0 N–H and O–H groups in total. The van der Waals surface area contributed by atoms with Crippen molar-refractivity contribution in [3.05, 3.63) is 345 Å². The molecule has 0 aliphatic heterocycles. The quantitative estimate of drug-likeness (QED) is 0.136. The molecule has 4 aromatic heterocycles. The minimum absolute atomic E-state index is 0.666. The van der Waals surface area contributed by atoms with Crippen molar-refractivity contribution in [2.24, 2.45) is 0 Å². The summed E-state index contributed by atoms with van der Waals surface area (Å²) >= 11 is 0. The Morgan fingerprint density at radius 3 is 0.764 bits per heavy atom. The zero-order valence-corrected chi connectivity index (χ0v) is 63.0. The molecule has 0 saturated carbocycles. The number of benzene rings is 13. The summed E-state index contributed by atoms with van der Waals surface area (Å²) < 4.78 is 4.76. The van der Waals surface area contributed by atoms with Gasteiger partial charge in [0.25, 0.3) is 0 Å². The SMILES string of the molecule is Cc1ccc(-c2nc(-c3ccc(-c4c(C)cc(C)cc4C)cc3)nc(-c3ccc(-c4c(C)cc(C)cc4C)cc3)n2)cc1.Cc1ccc(-c2nc(-c3ccc(C)c(C)c3)nc(-c3ccc(C)c(C)c3)n2)cc1.Cc1ccc2c(c1)c1ccccc1n2-c1ccc(-n2c3ccccc3c3cc(C)ccc32)cc1. The van der Waals surface area contributed by atoms with E-state index in [0.29, 0.717) is 34.9 Å². The zero-order chi connectivity index (χ0) is 73.6. The predicted octanol–water partition coefficient (Wildman–Crippen LogP) is 25.3. The first-order chi connectivity index (χ1) is 51.2. The van der Waals surface area contributed by atoms with Crippen LogP contribution in [0.4, 0.5) is 0 Å². The van der Waals surface area contributed by atoms with Crippen LogP contribution in [-0.2, 0) is 0 Å². The van der Waals surface area contributed by atoms with Gasteiger partial charge in [-0.25, -0.2) is 29.9 Å². The van der Waals surface area contributed by atoms with Gasteiger partial charge in [0, 0.05) is 66.3 Å². The maximum absolute atomic E-state index is 4.99. The van der Waals surface area contributed by atoms with E-state index in [2.05, 4.69) is 373 Å². The Morgan fingerprint density at radius 1 is 0.179 bits per heavy atom. The Hall–Kier alpha value is -12.5. The molecule has 0 saturated heterocycles. The standard InChI is InChI=1S/C40H37N3.C32H24N2.C26H25N3/c1-24-8-10-33(11-9-24)38-41-39(34-16-12-31(13-17-34)36-27(4)20-25(2)21-28(36)5)43-40(42-38)35-18-14-32(15-19-35)37-29(6)22-26(3)23-30(37)7;1-21-11-17-31-27(19-21)25-7-3-5-9-29(25)33(31)23-13-15-24(16-14-23)34-30-10-6-4-8-26(30)28-20-22(2)12-18-32(28)34;1-16-6-10-21(11-7-16)24-27-25(22-12-8-17(2)19(4)14-22)29-26(28-24)23-13-9-18(3)20(5)15-23/h8-23H,1-7H3;3-20H,1-2H3;6-15H,1-5H3. The first-order valence-corrected chi connectivity index (χ1v) is 36.5. The minimum atomic E-state index is 0.666. The van der Waals surface area contributed by atoms with Crippen LogP contribution >= 0.6 is 0 Å². The van der Waals surface area contributed by atoms with Crippen LogP contribution in [-0.4, -0.2) is 39.0 Å².